The Morgan fingerprint density at radius 3 is 0.992 bits per heavy atom. The maximum Gasteiger partial charge on any atom is 0.279 e. The molecule has 0 aromatic carbocycles. The predicted octanol–water partition coefficient (Wildman–Crippen LogP) is 4.48. The molecule has 0 amide bonds. The highest BCUT2D eigenvalue weighted by Crippen LogP contribution is 2.47. The first-order valence-electron chi connectivity index (χ1n) is 44.9. The minimum absolute atomic E-state index is 0.0449. The quantitative estimate of drug-likeness (QED) is 0.0218. The summed E-state index contributed by atoms with van der Waals surface area (Å²) < 4.78 is 49.4. The Morgan fingerprint density at radius 2 is 0.669 bits per heavy atom. The SMILES string of the molecule is C=P(C)(C)CC[C@H]1OC(n2c(C)nc3c(=O)[nH]c(C)nc32)C(O)[C@@H]1O.C=P(C)(C)CC[C@H]1OC(n2c(CC)nc3c(=O)[nH]c(C)nc32)C(O)[C@@H]1O.C=P(C)(C)CC[C@H]1OC(n2c(CCC)nc3c(=O)[nH]c(C)nc32)C(O)[C@@H]1O.C=P(C)(C)CC[C@H]1OC(n2cnc3c(OCCC)nc(N)nc32)C(O)[C@@H]1O.C=P(C)(C)CC[C@H]1OC(n2cnc3c(OCCCC)nc(N)nc32)C(O)[C@@H]1O. The number of aliphatic hydroxyl groups is 10. The van der Waals surface area contributed by atoms with E-state index in [1.54, 1.807) is 50.5 Å². The number of H-pyrrole nitrogens is 3. The Kier molecular flexibility index (Phi) is 34.6. The molecule has 5 aliphatic heterocycles. The normalized spacial score (nSPS) is 26.3. The van der Waals surface area contributed by atoms with Gasteiger partial charge in [-0.3, -0.25) is 37.2 Å². The van der Waals surface area contributed by atoms with E-state index in [1.165, 1.54) is 12.7 Å². The molecule has 0 aliphatic carbocycles. The molecule has 42 nitrogen and oxygen atoms in total. The lowest BCUT2D eigenvalue weighted by Gasteiger charge is -2.20. The van der Waals surface area contributed by atoms with Gasteiger partial charge < -0.3 is 111 Å². The fraction of sp³-hybridized carbons (Fsp3) is 0.651. The van der Waals surface area contributed by atoms with Gasteiger partial charge in [0.05, 0.1) is 56.4 Å². The largest absolute Gasteiger partial charge is 0.476 e. The van der Waals surface area contributed by atoms with Crippen molar-refractivity contribution < 1.29 is 84.2 Å². The molecule has 738 valence electrons. The molecule has 15 heterocycles. The molecular weight excluding hydrogens is 1820 g/mol. The van der Waals surface area contributed by atoms with Crippen molar-refractivity contribution in [2.45, 2.75) is 249 Å². The van der Waals surface area contributed by atoms with Crippen molar-refractivity contribution in [2.75, 3.05) is 122 Å². The highest BCUT2D eigenvalue weighted by atomic mass is 31.2. The maximum absolute atomic E-state index is 12.3. The second-order valence-corrected chi connectivity index (χ2v) is 59.9. The molecule has 15 rings (SSSR count). The molecule has 0 saturated carbocycles. The molecule has 10 unspecified atom stereocenters. The predicted molar refractivity (Wildman–Crippen MR) is 529 cm³/mol. The number of imidazole rings is 5. The van der Waals surface area contributed by atoms with Crippen molar-refractivity contribution in [3.05, 3.63) is 78.7 Å². The van der Waals surface area contributed by atoms with Gasteiger partial charge in [-0.2, -0.15) is 19.9 Å². The zero-order valence-electron chi connectivity index (χ0n) is 79.5. The summed E-state index contributed by atoms with van der Waals surface area (Å²) in [5.74, 6) is 3.78. The molecule has 133 heavy (non-hydrogen) atoms. The van der Waals surface area contributed by atoms with Gasteiger partial charge in [-0.25, -0.2) is 39.9 Å². The Labute approximate surface area is 772 Å². The van der Waals surface area contributed by atoms with E-state index in [0.29, 0.717) is 144 Å². The number of rotatable bonds is 30. The van der Waals surface area contributed by atoms with Gasteiger partial charge >= 0.3 is 0 Å². The molecule has 17 N–H and O–H groups in total. The number of nitrogens with zero attached hydrogens (tertiary/aromatic N) is 17. The van der Waals surface area contributed by atoms with Crippen molar-refractivity contribution in [3.63, 3.8) is 0 Å². The van der Waals surface area contributed by atoms with Gasteiger partial charge in [-0.1, -0.05) is 34.1 Å². The number of hydrogen-bond donors (Lipinski definition) is 15. The second-order valence-electron chi connectivity index (χ2n) is 38.3. The van der Waals surface area contributed by atoms with Crippen molar-refractivity contribution in [2.24, 2.45) is 0 Å². The second kappa shape index (κ2) is 43.5. The van der Waals surface area contributed by atoms with E-state index >= 15 is 0 Å². The highest BCUT2D eigenvalue weighted by Gasteiger charge is 2.50. The van der Waals surface area contributed by atoms with Gasteiger partial charge in [0.25, 0.3) is 16.7 Å². The number of aliphatic hydroxyl groups excluding tert-OH is 10. The van der Waals surface area contributed by atoms with Crippen LogP contribution >= 0.6 is 34.4 Å². The van der Waals surface area contributed by atoms with Crippen molar-refractivity contribution in [1.82, 2.24) is 97.6 Å². The molecule has 0 bridgehead atoms. The van der Waals surface area contributed by atoms with Crippen LogP contribution in [0.1, 0.15) is 152 Å². The number of hydrogen-bond acceptors (Lipinski definition) is 34. The van der Waals surface area contributed by atoms with E-state index in [1.807, 2.05) is 20.8 Å². The third-order valence-corrected chi connectivity index (χ3v) is 30.5. The molecule has 0 spiro atoms. The number of nitrogens with two attached hydrogens (primary N) is 2. The number of nitrogen functional groups attached to an aromatic ring is 2. The summed E-state index contributed by atoms with van der Waals surface area (Å²) in [4.78, 5) is 96.0. The first kappa shape index (κ1) is 106. The van der Waals surface area contributed by atoms with E-state index < -0.39 is 157 Å². The molecule has 5 saturated heterocycles. The first-order valence-corrected chi connectivity index (χ1v) is 60.1. The zero-order valence-corrected chi connectivity index (χ0v) is 84.0. The van der Waals surface area contributed by atoms with E-state index in [4.69, 9.17) is 44.6 Å². The average Bonchev–Trinajstić information content (AvgIpc) is 1.60. The lowest BCUT2D eigenvalue weighted by molar-refractivity contribution is -0.0368. The summed E-state index contributed by atoms with van der Waals surface area (Å²) in [5.41, 5.74) is 14.1. The van der Waals surface area contributed by atoms with Gasteiger partial charge in [-0.15, -0.1) is 65.9 Å². The van der Waals surface area contributed by atoms with Crippen LogP contribution in [0.2, 0.25) is 0 Å². The van der Waals surface area contributed by atoms with Gasteiger partial charge in [0.2, 0.25) is 23.7 Å². The van der Waals surface area contributed by atoms with Crippen molar-refractivity contribution in [1.29, 1.82) is 0 Å². The first-order chi connectivity index (χ1) is 62.2. The van der Waals surface area contributed by atoms with Crippen LogP contribution in [0, 0.1) is 27.7 Å². The van der Waals surface area contributed by atoms with Gasteiger partial charge in [0.15, 0.2) is 87.0 Å². The smallest absolute Gasteiger partial charge is 0.279 e. The summed E-state index contributed by atoms with van der Waals surface area (Å²) in [6.45, 7) is 30.7. The van der Waals surface area contributed by atoms with Crippen molar-refractivity contribution in [3.8, 4) is 11.8 Å². The number of anilines is 2. The molecular formula is C86H139N22O20P5. The number of aromatic amines is 3. The lowest BCUT2D eigenvalue weighted by atomic mass is 10.1. The summed E-state index contributed by atoms with van der Waals surface area (Å²) in [5, 5.41) is 105. The molecule has 5 fully saturated rings. The van der Waals surface area contributed by atoms with Gasteiger partial charge in [0.1, 0.15) is 96.0 Å². The summed E-state index contributed by atoms with van der Waals surface area (Å²) in [6.07, 6.45) is 19.0. The number of aromatic nitrogens is 20. The summed E-state index contributed by atoms with van der Waals surface area (Å²) in [6, 6.07) is 0. The molecule has 20 atom stereocenters. The molecule has 47 heteroatoms. The Bertz CT molecular complexity index is 6160. The van der Waals surface area contributed by atoms with Crippen LogP contribution in [0.15, 0.2) is 27.0 Å². The fourth-order valence-corrected chi connectivity index (χ4v) is 21.0. The van der Waals surface area contributed by atoms with E-state index in [-0.39, 0.29) is 45.1 Å². The van der Waals surface area contributed by atoms with Crippen LogP contribution in [-0.2, 0) is 36.5 Å². The number of nitrogens with one attached hydrogen (secondary N) is 3. The zero-order chi connectivity index (χ0) is 97.9. The van der Waals surface area contributed by atoms with E-state index in [9.17, 15) is 65.4 Å². The van der Waals surface area contributed by atoms with Crippen LogP contribution in [0.5, 0.6) is 11.8 Å². The number of fused-ring (bicyclic) bond motifs is 5. The minimum atomic E-state index is -1.27. The van der Waals surface area contributed by atoms with E-state index in [2.05, 4.69) is 180 Å². The Morgan fingerprint density at radius 1 is 0.368 bits per heavy atom. The Hall–Kier alpha value is -7.75. The molecule has 10 aromatic heterocycles. The number of unbranched alkanes of at least 4 members (excludes halogenated alkanes) is 1. The topological polar surface area (TPSA) is 597 Å². The van der Waals surface area contributed by atoms with Crippen molar-refractivity contribution >= 4 is 134 Å². The monoisotopic (exact) mass is 1950 g/mol. The Balaban J connectivity index is 0.000000160. The third-order valence-electron chi connectivity index (χ3n) is 23.2. The number of aryl methyl sites for hydroxylation is 6. The molecule has 10 aromatic rings. The van der Waals surface area contributed by atoms with Gasteiger partial charge in [0, 0.05) is 12.8 Å². The average molecular weight is 1960 g/mol. The molecule has 0 radical (unpaired) electrons. The molecule has 5 aliphatic rings. The lowest BCUT2D eigenvalue weighted by Crippen LogP contribution is -2.32. The number of ether oxygens (including phenoxy) is 7. The summed E-state index contributed by atoms with van der Waals surface area (Å²) >= 11 is 0. The summed E-state index contributed by atoms with van der Waals surface area (Å²) in [7, 11) is 0. The highest BCUT2D eigenvalue weighted by molar-refractivity contribution is 7.73. The van der Waals surface area contributed by atoms with Gasteiger partial charge in [-0.05, 0) is 177 Å². The minimum Gasteiger partial charge on any atom is -0.476 e. The maximum atomic E-state index is 12.3. The third kappa shape index (κ3) is 25.4. The van der Waals surface area contributed by atoms with Crippen LogP contribution in [0.3, 0.4) is 0 Å². The van der Waals surface area contributed by atoms with Crippen LogP contribution < -0.4 is 37.6 Å². The van der Waals surface area contributed by atoms with Crippen LogP contribution in [-0.4, -0.2) is 382 Å². The fourth-order valence-electron chi connectivity index (χ4n) is 16.2. The van der Waals surface area contributed by atoms with Crippen LogP contribution in [0.4, 0.5) is 11.9 Å². The standard InChI is InChI=1S/C18H30N5O4P.C18H29N4O4P.C17H28N5O4P.C17H27N4O4P.C16H25N4O4P/c1-5-6-8-26-16-12-15(21-18(19)22-16)23(10-20-12)17-14(25)13(24)11(27-17)7-9-28(2,3)4;1-6-7-12-21-13-16(19-10(2)20-17(13)25)22(12)18-15(24)14(23)11(26-18)8-9-27(3,4)5;1-5-7-25-15-11-14(20-17(18)21-15)22(9-19-11)16-13(24)12(23)10(26-16)6-8-27(2,3)4;1-6-11-20-12-15(18-9(2)19-16(12)24)21(11)17-14(23)13(22)10(25-17)7-8-26(3,4)5;1-8-17-14-11(15(23)18-8)19-9(2)20(14)16-13(22)12(21)10(24-16)6-7-25(3,4)5/h10-11,13-14,17,24-25H,2,5-9H2,1,3-4H3,(H2,19,21,22);11,14-15,18,23-24H,3,6-9H2,1-2,4-5H3,(H,19,20,25);9-10,12-13,16,23-24H,2,5-8H2,1,3-4H3,(H2,18,20,21);10,13-14,17,22-23H,3,6-8H2,1-2,4-5H3,(H,18,19,24);10,12-13,16,21-22H,3,6-7H2,1-2,4-5H3,(H,17,18,23)/t11-,13-,14?,17?;11-,14-,15?,18?;10-,12-,13?,16?;10-,13-,14?,17?;10-,12-,13?,16?/m11111/s1. The van der Waals surface area contributed by atoms with Crippen LogP contribution in [0.25, 0.3) is 55.8 Å². The van der Waals surface area contributed by atoms with E-state index in [0.717, 1.165) is 56.5 Å².